The van der Waals surface area contributed by atoms with Crippen molar-refractivity contribution in [1.82, 2.24) is 0 Å². The monoisotopic (exact) mass is 178 g/mol. The van der Waals surface area contributed by atoms with Gasteiger partial charge in [-0.1, -0.05) is 28.1 Å². The Morgan fingerprint density at radius 2 is 1.88 bits per heavy atom. The van der Waals surface area contributed by atoms with Gasteiger partial charge in [-0.3, -0.25) is 0 Å². The molecule has 0 saturated heterocycles. The molecule has 0 aromatic carbocycles. The number of hydrogen-bond donors (Lipinski definition) is 1. The van der Waals surface area contributed by atoms with E-state index in [9.17, 15) is 0 Å². The summed E-state index contributed by atoms with van der Waals surface area (Å²) in [4.78, 5) is 0. The van der Waals surface area contributed by atoms with E-state index < -0.39 is 0 Å². The summed E-state index contributed by atoms with van der Waals surface area (Å²) < 4.78 is 0. The third-order valence-corrected chi connectivity index (χ3v) is 1.20. The van der Waals surface area contributed by atoms with Crippen molar-refractivity contribution in [3.05, 3.63) is 12.2 Å². The van der Waals surface area contributed by atoms with Crippen LogP contribution in [0.15, 0.2) is 12.2 Å². The highest BCUT2D eigenvalue weighted by atomic mass is 79.9. The summed E-state index contributed by atoms with van der Waals surface area (Å²) in [5.41, 5.74) is 0. The molecule has 0 amide bonds. The molecule has 0 heterocycles. The zero-order valence-electron chi connectivity index (χ0n) is 4.81. The molecule has 0 aliphatic heterocycles. The van der Waals surface area contributed by atoms with Crippen molar-refractivity contribution < 1.29 is 5.11 Å². The minimum absolute atomic E-state index is 0.263. The van der Waals surface area contributed by atoms with E-state index in [1.807, 2.05) is 6.08 Å². The Kier molecular flexibility index (Phi) is 7.34. The van der Waals surface area contributed by atoms with Crippen molar-refractivity contribution in [2.75, 3.05) is 11.9 Å². The third kappa shape index (κ3) is 6.18. The largest absolute Gasteiger partial charge is 0.396 e. The average Bonchev–Trinajstić information content (AvgIpc) is 1.81. The first-order valence-electron chi connectivity index (χ1n) is 2.73. The Labute approximate surface area is 58.5 Å². The SMILES string of the molecule is OCC/C=C/CCBr. The quantitative estimate of drug-likeness (QED) is 0.514. The molecule has 2 heteroatoms. The van der Waals surface area contributed by atoms with Gasteiger partial charge in [-0.15, -0.1) is 0 Å². The number of allylic oxidation sites excluding steroid dienone is 1. The number of aliphatic hydroxyl groups is 1. The normalized spacial score (nSPS) is 10.8. The summed E-state index contributed by atoms with van der Waals surface area (Å²) in [5.74, 6) is 0. The number of halogens is 1. The second-order valence-electron chi connectivity index (χ2n) is 1.46. The lowest BCUT2D eigenvalue weighted by atomic mass is 10.3. The maximum absolute atomic E-state index is 8.30. The van der Waals surface area contributed by atoms with Gasteiger partial charge in [0.2, 0.25) is 0 Å². The van der Waals surface area contributed by atoms with Crippen LogP contribution in [0.2, 0.25) is 0 Å². The van der Waals surface area contributed by atoms with E-state index >= 15 is 0 Å². The van der Waals surface area contributed by atoms with Crippen LogP contribution >= 0.6 is 15.9 Å². The number of aliphatic hydroxyl groups excluding tert-OH is 1. The van der Waals surface area contributed by atoms with Crippen LogP contribution in [0.25, 0.3) is 0 Å². The molecule has 0 aromatic heterocycles. The first-order valence-corrected chi connectivity index (χ1v) is 3.85. The first kappa shape index (κ1) is 8.18. The molecule has 0 atom stereocenters. The maximum Gasteiger partial charge on any atom is 0.0465 e. The van der Waals surface area contributed by atoms with Crippen LogP contribution in [0.5, 0.6) is 0 Å². The molecule has 48 valence electrons. The van der Waals surface area contributed by atoms with Crippen LogP contribution in [0, 0.1) is 0 Å². The van der Waals surface area contributed by atoms with Crippen molar-refractivity contribution in [3.63, 3.8) is 0 Å². The fourth-order valence-corrected chi connectivity index (χ4v) is 0.638. The molecular weight excluding hydrogens is 168 g/mol. The van der Waals surface area contributed by atoms with E-state index in [0.717, 1.165) is 18.2 Å². The highest BCUT2D eigenvalue weighted by Gasteiger charge is 1.73. The smallest absolute Gasteiger partial charge is 0.0465 e. The number of hydrogen-bond acceptors (Lipinski definition) is 1. The molecule has 1 nitrogen and oxygen atoms in total. The maximum atomic E-state index is 8.30. The van der Waals surface area contributed by atoms with Crippen LogP contribution in [0.1, 0.15) is 12.8 Å². The molecule has 0 saturated carbocycles. The van der Waals surface area contributed by atoms with Gasteiger partial charge < -0.3 is 5.11 Å². The van der Waals surface area contributed by atoms with Crippen LogP contribution in [-0.4, -0.2) is 17.0 Å². The van der Waals surface area contributed by atoms with Crippen molar-refractivity contribution >= 4 is 15.9 Å². The van der Waals surface area contributed by atoms with E-state index in [-0.39, 0.29) is 6.61 Å². The van der Waals surface area contributed by atoms with Gasteiger partial charge in [-0.05, 0) is 12.8 Å². The zero-order chi connectivity index (χ0) is 6.24. The minimum atomic E-state index is 0.263. The van der Waals surface area contributed by atoms with Gasteiger partial charge in [0.25, 0.3) is 0 Å². The molecule has 0 radical (unpaired) electrons. The Hall–Kier alpha value is 0.180. The summed E-state index contributed by atoms with van der Waals surface area (Å²) in [7, 11) is 0. The molecule has 0 aliphatic rings. The topological polar surface area (TPSA) is 20.2 Å². The standard InChI is InChI=1S/C6H11BrO/c7-5-3-1-2-4-6-8/h1-2,8H,3-6H2/b2-1+. The molecule has 0 bridgehead atoms. The van der Waals surface area contributed by atoms with Gasteiger partial charge >= 0.3 is 0 Å². The molecule has 0 fully saturated rings. The van der Waals surface area contributed by atoms with Crippen LogP contribution in [-0.2, 0) is 0 Å². The Morgan fingerprint density at radius 3 is 2.38 bits per heavy atom. The fourth-order valence-electron chi connectivity index (χ4n) is 0.373. The Morgan fingerprint density at radius 1 is 1.25 bits per heavy atom. The second kappa shape index (κ2) is 7.18. The average molecular weight is 179 g/mol. The molecule has 0 aromatic rings. The van der Waals surface area contributed by atoms with Crippen LogP contribution in [0.3, 0.4) is 0 Å². The molecule has 1 N–H and O–H groups in total. The zero-order valence-corrected chi connectivity index (χ0v) is 6.39. The number of rotatable bonds is 4. The van der Waals surface area contributed by atoms with Crippen molar-refractivity contribution in [1.29, 1.82) is 0 Å². The minimum Gasteiger partial charge on any atom is -0.396 e. The predicted molar refractivity (Wildman–Crippen MR) is 39.3 cm³/mol. The van der Waals surface area contributed by atoms with E-state index in [1.54, 1.807) is 0 Å². The van der Waals surface area contributed by atoms with Gasteiger partial charge in [0.1, 0.15) is 0 Å². The van der Waals surface area contributed by atoms with E-state index in [0.29, 0.717) is 0 Å². The summed E-state index contributed by atoms with van der Waals surface area (Å²) >= 11 is 3.29. The fraction of sp³-hybridized carbons (Fsp3) is 0.667. The Balaban J connectivity index is 2.83. The lowest BCUT2D eigenvalue weighted by molar-refractivity contribution is 0.302. The van der Waals surface area contributed by atoms with Crippen LogP contribution in [0.4, 0.5) is 0 Å². The van der Waals surface area contributed by atoms with Crippen molar-refractivity contribution in [2.45, 2.75) is 12.8 Å². The summed E-state index contributed by atoms with van der Waals surface area (Å²) in [5, 5.41) is 9.31. The molecular formula is C6H11BrO. The summed E-state index contributed by atoms with van der Waals surface area (Å²) in [6, 6.07) is 0. The molecule has 8 heavy (non-hydrogen) atoms. The van der Waals surface area contributed by atoms with Gasteiger partial charge in [0, 0.05) is 11.9 Å². The van der Waals surface area contributed by atoms with Gasteiger partial charge in [0.15, 0.2) is 0 Å². The molecule has 0 rings (SSSR count). The molecule has 0 spiro atoms. The second-order valence-corrected chi connectivity index (χ2v) is 2.25. The van der Waals surface area contributed by atoms with Crippen molar-refractivity contribution in [2.24, 2.45) is 0 Å². The summed E-state index contributed by atoms with van der Waals surface area (Å²) in [6.07, 6.45) is 5.89. The van der Waals surface area contributed by atoms with E-state index in [2.05, 4.69) is 22.0 Å². The molecule has 0 aliphatic carbocycles. The molecule has 0 unspecified atom stereocenters. The van der Waals surface area contributed by atoms with Gasteiger partial charge in [-0.25, -0.2) is 0 Å². The first-order chi connectivity index (χ1) is 3.91. The van der Waals surface area contributed by atoms with Gasteiger partial charge in [-0.2, -0.15) is 0 Å². The third-order valence-electron chi connectivity index (χ3n) is 0.738. The lowest BCUT2D eigenvalue weighted by Crippen LogP contribution is -1.75. The Bertz CT molecular complexity index is 53.5. The highest BCUT2D eigenvalue weighted by Crippen LogP contribution is 1.90. The lowest BCUT2D eigenvalue weighted by Gasteiger charge is -1.82. The van der Waals surface area contributed by atoms with E-state index in [1.165, 1.54) is 0 Å². The van der Waals surface area contributed by atoms with Gasteiger partial charge in [0.05, 0.1) is 0 Å². The summed E-state index contributed by atoms with van der Waals surface area (Å²) in [6.45, 7) is 0.263. The van der Waals surface area contributed by atoms with E-state index in [4.69, 9.17) is 5.11 Å². The highest BCUT2D eigenvalue weighted by molar-refractivity contribution is 9.09. The van der Waals surface area contributed by atoms with Crippen LogP contribution < -0.4 is 0 Å². The number of alkyl halides is 1. The van der Waals surface area contributed by atoms with Crippen molar-refractivity contribution in [3.8, 4) is 0 Å². The predicted octanol–water partition coefficient (Wildman–Crippen LogP) is 1.71.